The van der Waals surface area contributed by atoms with Gasteiger partial charge in [0.05, 0.1) is 5.36 Å². The Morgan fingerprint density at radius 2 is 2.00 bits per heavy atom. The Morgan fingerprint density at radius 1 is 1.23 bits per heavy atom. The van der Waals surface area contributed by atoms with Crippen molar-refractivity contribution in [3.8, 4) is 0 Å². The summed E-state index contributed by atoms with van der Waals surface area (Å²) < 4.78 is 0. The number of benzene rings is 1. The maximum absolute atomic E-state index is 11.1. The van der Waals surface area contributed by atoms with Crippen molar-refractivity contribution in [1.29, 1.82) is 0 Å². The molecule has 0 radical (unpaired) electrons. The molecule has 0 N–H and O–H groups in total. The van der Waals surface area contributed by atoms with Crippen LogP contribution in [0.2, 0.25) is 0 Å². The van der Waals surface area contributed by atoms with Crippen LogP contribution in [0.3, 0.4) is 0 Å². The first-order chi connectivity index (χ1) is 6.31. The Hall–Kier alpha value is -1.99. The zero-order valence-corrected chi connectivity index (χ0v) is 6.65. The predicted molar refractivity (Wildman–Crippen MR) is 45.9 cm³/mol. The van der Waals surface area contributed by atoms with E-state index < -0.39 is 5.91 Å². The van der Waals surface area contributed by atoms with E-state index in [-0.39, 0.29) is 5.57 Å². The molecule has 1 aliphatic heterocycles. The summed E-state index contributed by atoms with van der Waals surface area (Å²) in [5.41, 5.74) is -0.0151. The molecule has 62 valence electrons. The monoisotopic (exact) mass is 171 g/mol. The second-order valence-corrected chi connectivity index (χ2v) is 2.64. The van der Waals surface area contributed by atoms with E-state index in [1.54, 1.807) is 24.1 Å². The van der Waals surface area contributed by atoms with Crippen LogP contribution in [0.15, 0.2) is 34.8 Å². The van der Waals surface area contributed by atoms with E-state index in [9.17, 15) is 9.59 Å². The van der Waals surface area contributed by atoms with Crippen LogP contribution in [0.4, 0.5) is 0 Å². The summed E-state index contributed by atoms with van der Waals surface area (Å²) in [7, 11) is 0. The lowest BCUT2D eigenvalue weighted by Crippen LogP contribution is -2.30. The molecule has 1 aromatic rings. The highest BCUT2D eigenvalue weighted by molar-refractivity contribution is 6.09. The van der Waals surface area contributed by atoms with E-state index in [1.165, 1.54) is 6.08 Å². The van der Waals surface area contributed by atoms with Gasteiger partial charge in [-0.25, -0.2) is 9.79 Å². The fourth-order valence-electron chi connectivity index (χ4n) is 1.17. The molecule has 2 rings (SSSR count). The summed E-state index contributed by atoms with van der Waals surface area (Å²) in [4.78, 5) is 25.1. The molecule has 0 bridgehead atoms. The fourth-order valence-corrected chi connectivity index (χ4v) is 1.17. The number of para-hydroxylation sites is 1. The van der Waals surface area contributed by atoms with E-state index in [0.717, 1.165) is 5.22 Å². The molecule has 0 saturated heterocycles. The minimum absolute atomic E-state index is 0.0151. The van der Waals surface area contributed by atoms with E-state index in [2.05, 4.69) is 4.99 Å². The molecule has 13 heavy (non-hydrogen) atoms. The highest BCUT2D eigenvalue weighted by atomic mass is 16.2. The molecule has 1 heterocycles. The van der Waals surface area contributed by atoms with Crippen molar-refractivity contribution in [2.24, 2.45) is 4.99 Å². The highest BCUT2D eigenvalue weighted by Gasteiger charge is 2.09. The van der Waals surface area contributed by atoms with Crippen LogP contribution in [0.1, 0.15) is 0 Å². The molecule has 0 atom stereocenters. The Balaban J connectivity index is 2.88. The van der Waals surface area contributed by atoms with Crippen molar-refractivity contribution in [2.45, 2.75) is 0 Å². The Kier molecular flexibility index (Phi) is 1.65. The van der Waals surface area contributed by atoms with Crippen LogP contribution in [-0.4, -0.2) is 11.8 Å². The van der Waals surface area contributed by atoms with Crippen LogP contribution in [-0.2, 0) is 9.59 Å². The first kappa shape index (κ1) is 7.65. The molecular formula is C10H5NO2. The van der Waals surface area contributed by atoms with Crippen LogP contribution >= 0.6 is 0 Å². The molecule has 0 spiro atoms. The number of hydrogen-bond donors (Lipinski definition) is 0. The van der Waals surface area contributed by atoms with Gasteiger partial charge >= 0.3 is 0 Å². The molecule has 0 saturated carbocycles. The number of carbonyl (C=O) groups is 1. The SMILES string of the molecule is O=C=C1C=c2ccccc2=NC1=O. The van der Waals surface area contributed by atoms with Crippen LogP contribution in [0.25, 0.3) is 6.08 Å². The molecule has 3 heteroatoms. The van der Waals surface area contributed by atoms with Gasteiger partial charge in [-0.3, -0.25) is 4.79 Å². The maximum Gasteiger partial charge on any atom is 0.288 e. The van der Waals surface area contributed by atoms with E-state index >= 15 is 0 Å². The summed E-state index contributed by atoms with van der Waals surface area (Å²) in [6.45, 7) is 0. The van der Waals surface area contributed by atoms with Crippen molar-refractivity contribution in [3.63, 3.8) is 0 Å². The van der Waals surface area contributed by atoms with Crippen molar-refractivity contribution in [3.05, 3.63) is 40.4 Å². The second kappa shape index (κ2) is 2.81. The lowest BCUT2D eigenvalue weighted by atomic mass is 10.1. The molecule has 0 fully saturated rings. The third-order valence-corrected chi connectivity index (χ3v) is 1.80. The molecule has 3 nitrogen and oxygen atoms in total. The lowest BCUT2D eigenvalue weighted by molar-refractivity contribution is -0.114. The summed E-state index contributed by atoms with van der Waals surface area (Å²) in [5, 5.41) is 1.38. The van der Waals surface area contributed by atoms with Gasteiger partial charge in [0.2, 0.25) is 0 Å². The number of rotatable bonds is 0. The number of hydrogen-bond acceptors (Lipinski definition) is 2. The van der Waals surface area contributed by atoms with E-state index in [0.29, 0.717) is 5.36 Å². The van der Waals surface area contributed by atoms with Gasteiger partial charge in [0.15, 0.2) is 0 Å². The van der Waals surface area contributed by atoms with Gasteiger partial charge in [-0.15, -0.1) is 0 Å². The number of amides is 1. The predicted octanol–water partition coefficient (Wildman–Crippen LogP) is -0.615. The smallest absolute Gasteiger partial charge is 0.266 e. The van der Waals surface area contributed by atoms with E-state index in [4.69, 9.17) is 0 Å². The Bertz CT molecular complexity index is 536. The number of carbonyl (C=O) groups excluding carboxylic acids is 2. The average Bonchev–Trinajstić information content (AvgIpc) is 2.17. The van der Waals surface area contributed by atoms with Gasteiger partial charge in [0.25, 0.3) is 5.91 Å². The second-order valence-electron chi connectivity index (χ2n) is 2.64. The quantitative estimate of drug-likeness (QED) is 0.386. The Labute approximate surface area is 73.7 Å². The van der Waals surface area contributed by atoms with Gasteiger partial charge in [-0.1, -0.05) is 18.2 Å². The first-order valence-corrected chi connectivity index (χ1v) is 3.76. The van der Waals surface area contributed by atoms with Crippen LogP contribution in [0, 0.1) is 0 Å². The Morgan fingerprint density at radius 3 is 2.77 bits per heavy atom. The molecule has 0 aliphatic carbocycles. The van der Waals surface area contributed by atoms with Crippen LogP contribution < -0.4 is 10.6 Å². The third kappa shape index (κ3) is 1.21. The zero-order chi connectivity index (χ0) is 9.26. The molecular weight excluding hydrogens is 166 g/mol. The number of nitrogens with zero attached hydrogens (tertiary/aromatic N) is 1. The van der Waals surface area contributed by atoms with Crippen molar-refractivity contribution >= 4 is 17.9 Å². The first-order valence-electron chi connectivity index (χ1n) is 3.76. The lowest BCUT2D eigenvalue weighted by Gasteiger charge is -1.97. The minimum Gasteiger partial charge on any atom is -0.266 e. The van der Waals surface area contributed by atoms with E-state index in [1.807, 2.05) is 6.07 Å². The van der Waals surface area contributed by atoms with Gasteiger partial charge < -0.3 is 0 Å². The van der Waals surface area contributed by atoms with Gasteiger partial charge in [0.1, 0.15) is 11.5 Å². The van der Waals surface area contributed by atoms with Gasteiger partial charge in [-0.2, -0.15) is 0 Å². The van der Waals surface area contributed by atoms with Crippen molar-refractivity contribution in [2.75, 3.05) is 0 Å². The molecule has 1 aliphatic rings. The normalized spacial score (nSPS) is 13.8. The molecule has 0 unspecified atom stereocenters. The minimum atomic E-state index is -0.520. The summed E-state index contributed by atoms with van der Waals surface area (Å²) in [5.74, 6) is 1.04. The average molecular weight is 171 g/mol. The summed E-state index contributed by atoms with van der Waals surface area (Å²) in [6.07, 6.45) is 1.50. The largest absolute Gasteiger partial charge is 0.288 e. The van der Waals surface area contributed by atoms with Gasteiger partial charge in [-0.05, 0) is 12.1 Å². The molecule has 1 aromatic carbocycles. The zero-order valence-electron chi connectivity index (χ0n) is 6.65. The topological polar surface area (TPSA) is 46.5 Å². The summed E-state index contributed by atoms with van der Waals surface area (Å²) >= 11 is 0. The van der Waals surface area contributed by atoms with Gasteiger partial charge in [0, 0.05) is 5.22 Å². The van der Waals surface area contributed by atoms with Crippen LogP contribution in [0.5, 0.6) is 0 Å². The fraction of sp³-hybridized carbons (Fsp3) is 0. The van der Waals surface area contributed by atoms with Crippen molar-refractivity contribution < 1.29 is 9.59 Å². The molecule has 1 amide bonds. The van der Waals surface area contributed by atoms with Crippen molar-refractivity contribution in [1.82, 2.24) is 0 Å². The summed E-state index contributed by atoms with van der Waals surface area (Å²) in [6, 6.07) is 7.13. The third-order valence-electron chi connectivity index (χ3n) is 1.80. The standard InChI is InChI=1S/C10H5NO2/c12-6-8-5-7-3-1-2-4-9(7)11-10(8)13/h1-5H. The highest BCUT2D eigenvalue weighted by Crippen LogP contribution is 1.96. The number of fused-ring (bicyclic) bond motifs is 1. The maximum atomic E-state index is 11.1. The molecule has 0 aromatic heterocycles.